The zero-order chi connectivity index (χ0) is 22.8. The molecule has 1 aromatic heterocycles. The third kappa shape index (κ3) is 3.98. The molecule has 0 saturated carbocycles. The molecule has 3 heterocycles. The van der Waals surface area contributed by atoms with Gasteiger partial charge in [-0.15, -0.1) is 0 Å². The number of fused-ring (bicyclic) bond motifs is 1. The molecule has 8 heteroatoms. The van der Waals surface area contributed by atoms with E-state index in [1.165, 1.54) is 4.90 Å². The quantitative estimate of drug-likeness (QED) is 0.585. The number of ether oxygens (including phenoxy) is 3. The number of carbonyl (C=O) groups excluding carboxylic acids is 2. The van der Waals surface area contributed by atoms with Crippen LogP contribution < -0.4 is 19.5 Å². The molecule has 0 aliphatic carbocycles. The Hall–Kier alpha value is -4.33. The number of imide groups is 1. The highest BCUT2D eigenvalue weighted by atomic mass is 16.6. The van der Waals surface area contributed by atoms with E-state index in [9.17, 15) is 9.59 Å². The smallest absolute Gasteiger partial charge is 0.278 e. The molecule has 1 N–H and O–H groups in total. The number of rotatable bonds is 6. The summed E-state index contributed by atoms with van der Waals surface area (Å²) in [6, 6.07) is 15.9. The Labute approximate surface area is 190 Å². The molecule has 0 spiro atoms. The lowest BCUT2D eigenvalue weighted by Crippen LogP contribution is -2.32. The second-order valence-electron chi connectivity index (χ2n) is 7.51. The van der Waals surface area contributed by atoms with E-state index in [2.05, 4.69) is 10.3 Å². The lowest BCUT2D eigenvalue weighted by atomic mass is 10.0. The summed E-state index contributed by atoms with van der Waals surface area (Å²) in [6.45, 7) is 1.09. The van der Waals surface area contributed by atoms with Gasteiger partial charge in [-0.2, -0.15) is 0 Å². The largest absolute Gasteiger partial charge is 0.497 e. The van der Waals surface area contributed by atoms with E-state index < -0.39 is 5.91 Å². The van der Waals surface area contributed by atoms with Gasteiger partial charge in [-0.1, -0.05) is 12.1 Å². The third-order valence-corrected chi connectivity index (χ3v) is 5.45. The maximum Gasteiger partial charge on any atom is 0.278 e. The monoisotopic (exact) mass is 443 g/mol. The van der Waals surface area contributed by atoms with Crippen LogP contribution in [0.3, 0.4) is 0 Å². The first-order valence-electron chi connectivity index (χ1n) is 10.4. The Balaban J connectivity index is 1.52. The summed E-state index contributed by atoms with van der Waals surface area (Å²) < 4.78 is 16.5. The fourth-order valence-corrected chi connectivity index (χ4v) is 3.80. The molecule has 0 unspecified atom stereocenters. The highest BCUT2D eigenvalue weighted by Crippen LogP contribution is 2.36. The van der Waals surface area contributed by atoms with Crippen molar-refractivity contribution >= 4 is 23.1 Å². The highest BCUT2D eigenvalue weighted by Gasteiger charge is 2.39. The van der Waals surface area contributed by atoms with Gasteiger partial charge in [0.25, 0.3) is 11.8 Å². The number of hydrogen-bond acceptors (Lipinski definition) is 7. The molecule has 3 aromatic rings. The van der Waals surface area contributed by atoms with Gasteiger partial charge in [-0.25, -0.2) is 0 Å². The molecule has 0 atom stereocenters. The van der Waals surface area contributed by atoms with Gasteiger partial charge in [0.15, 0.2) is 11.5 Å². The first kappa shape index (κ1) is 20.6. The van der Waals surface area contributed by atoms with Gasteiger partial charge < -0.3 is 19.5 Å². The molecule has 2 aliphatic heterocycles. The Morgan fingerprint density at radius 1 is 0.939 bits per heavy atom. The molecule has 2 aromatic carbocycles. The highest BCUT2D eigenvalue weighted by molar-refractivity contribution is 6.36. The minimum Gasteiger partial charge on any atom is -0.497 e. The number of pyridine rings is 1. The average molecular weight is 443 g/mol. The van der Waals surface area contributed by atoms with Gasteiger partial charge in [0.1, 0.15) is 24.7 Å². The lowest BCUT2D eigenvalue weighted by molar-refractivity contribution is -0.137. The molecular weight excluding hydrogens is 422 g/mol. The summed E-state index contributed by atoms with van der Waals surface area (Å²) in [4.78, 5) is 32.1. The van der Waals surface area contributed by atoms with Crippen LogP contribution in [0.15, 0.2) is 72.7 Å². The number of benzene rings is 2. The van der Waals surface area contributed by atoms with Gasteiger partial charge in [0.2, 0.25) is 0 Å². The minimum atomic E-state index is -0.405. The van der Waals surface area contributed by atoms with E-state index in [1.807, 2.05) is 0 Å². The van der Waals surface area contributed by atoms with Crippen molar-refractivity contribution in [1.82, 2.24) is 9.88 Å². The summed E-state index contributed by atoms with van der Waals surface area (Å²) in [7, 11) is 1.57. The molecule has 0 bridgehead atoms. The van der Waals surface area contributed by atoms with Crippen molar-refractivity contribution in [3.8, 4) is 17.2 Å². The van der Waals surface area contributed by atoms with E-state index >= 15 is 0 Å². The maximum absolute atomic E-state index is 13.4. The molecule has 0 radical (unpaired) electrons. The van der Waals surface area contributed by atoms with Crippen molar-refractivity contribution in [2.75, 3.05) is 25.6 Å². The van der Waals surface area contributed by atoms with Crippen molar-refractivity contribution in [3.63, 3.8) is 0 Å². The number of nitrogens with zero attached hydrogens (tertiary/aromatic N) is 2. The minimum absolute atomic E-state index is 0.145. The standard InChI is InChI=1S/C25H21N3O5/c1-31-19-5-2-17(3-6-19)22-23(27-18-4-7-20-21(14-18)33-13-12-32-20)25(30)28(24(22)29)15-16-8-10-26-11-9-16/h2-11,14,27H,12-13,15H2,1H3. The molecule has 2 aliphatic rings. The van der Waals surface area contributed by atoms with Crippen molar-refractivity contribution in [3.05, 3.63) is 83.8 Å². The van der Waals surface area contributed by atoms with Gasteiger partial charge in [-0.3, -0.25) is 19.5 Å². The van der Waals surface area contributed by atoms with Crippen LogP contribution in [-0.4, -0.2) is 42.0 Å². The Morgan fingerprint density at radius 2 is 1.67 bits per heavy atom. The molecule has 2 amide bonds. The number of carbonyl (C=O) groups is 2. The fourth-order valence-electron chi connectivity index (χ4n) is 3.80. The van der Waals surface area contributed by atoms with Crippen LogP contribution in [0.5, 0.6) is 17.2 Å². The molecule has 8 nitrogen and oxygen atoms in total. The van der Waals surface area contributed by atoms with Gasteiger partial charge in [0, 0.05) is 24.1 Å². The number of methoxy groups -OCH3 is 1. The Kier molecular flexibility index (Phi) is 5.40. The predicted molar refractivity (Wildman–Crippen MR) is 121 cm³/mol. The molecule has 166 valence electrons. The van der Waals surface area contributed by atoms with Gasteiger partial charge in [-0.05, 0) is 47.5 Å². The molecule has 0 saturated heterocycles. The maximum atomic E-state index is 13.4. The molecular formula is C25H21N3O5. The number of aromatic nitrogens is 1. The number of hydrogen-bond donors (Lipinski definition) is 1. The molecule has 0 fully saturated rings. The topological polar surface area (TPSA) is 90.0 Å². The van der Waals surface area contributed by atoms with Crippen molar-refractivity contribution in [2.45, 2.75) is 6.54 Å². The van der Waals surface area contributed by atoms with Crippen LogP contribution in [0.4, 0.5) is 5.69 Å². The summed E-state index contributed by atoms with van der Waals surface area (Å²) in [5.74, 6) is 1.11. The van der Waals surface area contributed by atoms with Crippen LogP contribution >= 0.6 is 0 Å². The second kappa shape index (κ2) is 8.66. The summed E-state index contributed by atoms with van der Waals surface area (Å²) in [5, 5.41) is 3.15. The van der Waals surface area contributed by atoms with Gasteiger partial charge >= 0.3 is 0 Å². The summed E-state index contributed by atoms with van der Waals surface area (Å²) >= 11 is 0. The molecule has 5 rings (SSSR count). The number of anilines is 1. The van der Waals surface area contributed by atoms with E-state index in [-0.39, 0.29) is 18.1 Å². The first-order chi connectivity index (χ1) is 16.1. The van der Waals surface area contributed by atoms with Crippen molar-refractivity contribution in [2.24, 2.45) is 0 Å². The Bertz CT molecular complexity index is 1240. The average Bonchev–Trinajstić information content (AvgIpc) is 3.09. The van der Waals surface area contributed by atoms with E-state index in [4.69, 9.17) is 14.2 Å². The normalized spacial score (nSPS) is 15.1. The predicted octanol–water partition coefficient (Wildman–Crippen LogP) is 3.25. The number of amides is 2. The van der Waals surface area contributed by atoms with Crippen LogP contribution in [0.1, 0.15) is 11.1 Å². The zero-order valence-electron chi connectivity index (χ0n) is 17.9. The van der Waals surface area contributed by atoms with Crippen molar-refractivity contribution < 1.29 is 23.8 Å². The van der Waals surface area contributed by atoms with Crippen LogP contribution in [0.25, 0.3) is 5.57 Å². The summed E-state index contributed by atoms with van der Waals surface area (Å²) in [6.07, 6.45) is 3.26. The second-order valence-corrected chi connectivity index (χ2v) is 7.51. The van der Waals surface area contributed by atoms with E-state index in [0.717, 1.165) is 5.56 Å². The van der Waals surface area contributed by atoms with E-state index in [0.29, 0.717) is 47.3 Å². The SMILES string of the molecule is COc1ccc(C2=C(Nc3ccc4c(c3)OCCO4)C(=O)N(Cc3ccncc3)C2=O)cc1. The number of nitrogens with one attached hydrogen (secondary N) is 1. The fraction of sp³-hybridized carbons (Fsp3) is 0.160. The van der Waals surface area contributed by atoms with E-state index in [1.54, 1.807) is 74.1 Å². The first-order valence-corrected chi connectivity index (χ1v) is 10.4. The van der Waals surface area contributed by atoms with Gasteiger partial charge in [0.05, 0.1) is 19.2 Å². The summed E-state index contributed by atoms with van der Waals surface area (Å²) in [5.41, 5.74) is 2.54. The lowest BCUT2D eigenvalue weighted by Gasteiger charge is -2.19. The van der Waals surface area contributed by atoms with Crippen molar-refractivity contribution in [1.29, 1.82) is 0 Å². The van der Waals surface area contributed by atoms with Crippen LogP contribution in [0, 0.1) is 0 Å². The molecule has 33 heavy (non-hydrogen) atoms. The van der Waals surface area contributed by atoms with Crippen LogP contribution in [-0.2, 0) is 16.1 Å². The Morgan fingerprint density at radius 3 is 2.39 bits per heavy atom. The van der Waals surface area contributed by atoms with Crippen LogP contribution in [0.2, 0.25) is 0 Å². The zero-order valence-corrected chi connectivity index (χ0v) is 17.9. The third-order valence-electron chi connectivity index (χ3n) is 5.45.